The van der Waals surface area contributed by atoms with Gasteiger partial charge in [0.1, 0.15) is 11.7 Å². The molecule has 0 saturated heterocycles. The van der Waals surface area contributed by atoms with E-state index in [0.29, 0.717) is 43.0 Å². The molecular formula is C24H31N5O2. The van der Waals surface area contributed by atoms with Crippen LogP contribution in [0.1, 0.15) is 56.1 Å². The van der Waals surface area contributed by atoms with Crippen molar-refractivity contribution in [3.05, 3.63) is 58.3 Å². The number of hydrogen-bond acceptors (Lipinski definition) is 4. The average molecular weight is 422 g/mol. The zero-order chi connectivity index (χ0) is 21.6. The number of aromatic nitrogens is 4. The number of benzene rings is 1. The fraction of sp³-hybridized carbons (Fsp3) is 0.500. The van der Waals surface area contributed by atoms with Crippen LogP contribution in [0.4, 0.5) is 0 Å². The van der Waals surface area contributed by atoms with Crippen molar-refractivity contribution in [2.75, 3.05) is 6.54 Å². The van der Waals surface area contributed by atoms with Crippen molar-refractivity contribution in [2.24, 2.45) is 5.92 Å². The summed E-state index contributed by atoms with van der Waals surface area (Å²) >= 11 is 0. The fourth-order valence-electron chi connectivity index (χ4n) is 4.45. The van der Waals surface area contributed by atoms with Crippen LogP contribution in [0.5, 0.6) is 0 Å². The molecule has 0 atom stereocenters. The largest absolute Gasteiger partial charge is 0.354 e. The zero-order valence-electron chi connectivity index (χ0n) is 18.2. The van der Waals surface area contributed by atoms with Gasteiger partial charge in [0.15, 0.2) is 5.65 Å². The molecule has 2 aromatic heterocycles. The minimum absolute atomic E-state index is 0.0931. The van der Waals surface area contributed by atoms with E-state index in [0.717, 1.165) is 17.5 Å². The maximum atomic E-state index is 12.9. The van der Waals surface area contributed by atoms with E-state index < -0.39 is 0 Å². The average Bonchev–Trinajstić information content (AvgIpc) is 3.20. The smallest absolute Gasteiger partial charge is 0.264 e. The highest BCUT2D eigenvalue weighted by Crippen LogP contribution is 2.27. The maximum absolute atomic E-state index is 12.9. The van der Waals surface area contributed by atoms with Gasteiger partial charge in [0.05, 0.1) is 19.3 Å². The molecule has 1 aromatic carbocycles. The summed E-state index contributed by atoms with van der Waals surface area (Å²) in [4.78, 5) is 29.5. The van der Waals surface area contributed by atoms with E-state index in [4.69, 9.17) is 0 Å². The van der Waals surface area contributed by atoms with Crippen molar-refractivity contribution < 1.29 is 4.79 Å². The predicted molar refractivity (Wildman–Crippen MR) is 121 cm³/mol. The number of fused-ring (bicyclic) bond motifs is 1. The summed E-state index contributed by atoms with van der Waals surface area (Å²) in [5.41, 5.74) is 2.69. The second-order valence-electron chi connectivity index (χ2n) is 8.60. The van der Waals surface area contributed by atoms with Gasteiger partial charge in [-0.2, -0.15) is 5.10 Å². The Labute approximate surface area is 182 Å². The van der Waals surface area contributed by atoms with Crippen molar-refractivity contribution in [1.29, 1.82) is 0 Å². The molecule has 1 N–H and O–H groups in total. The second kappa shape index (κ2) is 9.90. The van der Waals surface area contributed by atoms with Gasteiger partial charge in [-0.25, -0.2) is 9.67 Å². The summed E-state index contributed by atoms with van der Waals surface area (Å²) in [5.74, 6) is 0.802. The number of carbonyl (C=O) groups excluding carboxylic acids is 1. The van der Waals surface area contributed by atoms with Crippen LogP contribution < -0.4 is 10.9 Å². The standard InChI is InChI=1S/C24H31N5O2/c1-18-7-5-6-10-20(18)16-28-17-26-23-21(24(28)31)15-27-29(23)14-13-25-22(30)12-11-19-8-3-2-4-9-19/h5-7,10,15,17,19H,2-4,8-9,11-14,16H2,1H3,(H,25,30). The Morgan fingerprint density at radius 3 is 2.81 bits per heavy atom. The summed E-state index contributed by atoms with van der Waals surface area (Å²) in [6.07, 6.45) is 11.2. The van der Waals surface area contributed by atoms with E-state index in [1.54, 1.807) is 21.8 Å². The highest BCUT2D eigenvalue weighted by atomic mass is 16.1. The van der Waals surface area contributed by atoms with Crippen molar-refractivity contribution >= 4 is 16.9 Å². The SMILES string of the molecule is Cc1ccccc1Cn1cnc2c(cnn2CCNC(=O)CCC2CCCCC2)c1=O. The van der Waals surface area contributed by atoms with Gasteiger partial charge in [0, 0.05) is 13.0 Å². The van der Waals surface area contributed by atoms with Gasteiger partial charge in [-0.05, 0) is 30.4 Å². The van der Waals surface area contributed by atoms with Gasteiger partial charge in [-0.15, -0.1) is 0 Å². The normalized spacial score (nSPS) is 14.7. The summed E-state index contributed by atoms with van der Waals surface area (Å²) in [6, 6.07) is 8.02. The lowest BCUT2D eigenvalue weighted by atomic mass is 9.86. The van der Waals surface area contributed by atoms with Crippen molar-refractivity contribution in [2.45, 2.75) is 65.0 Å². The lowest BCUT2D eigenvalue weighted by Crippen LogP contribution is -2.28. The molecule has 0 unspecified atom stereocenters. The molecule has 1 aliphatic rings. The van der Waals surface area contributed by atoms with Crippen molar-refractivity contribution in [1.82, 2.24) is 24.6 Å². The van der Waals surface area contributed by atoms with Crippen LogP contribution >= 0.6 is 0 Å². The molecule has 4 rings (SSSR count). The highest BCUT2D eigenvalue weighted by Gasteiger charge is 2.15. The maximum Gasteiger partial charge on any atom is 0.264 e. The summed E-state index contributed by atoms with van der Waals surface area (Å²) in [5, 5.41) is 7.81. The van der Waals surface area contributed by atoms with Gasteiger partial charge in [0.2, 0.25) is 5.91 Å². The predicted octanol–water partition coefficient (Wildman–Crippen LogP) is 3.43. The highest BCUT2D eigenvalue weighted by molar-refractivity contribution is 5.76. The molecule has 1 amide bonds. The Hall–Kier alpha value is -2.96. The summed E-state index contributed by atoms with van der Waals surface area (Å²) < 4.78 is 3.31. The zero-order valence-corrected chi connectivity index (χ0v) is 18.2. The first-order chi connectivity index (χ1) is 15.1. The van der Waals surface area contributed by atoms with Crippen LogP contribution in [-0.4, -0.2) is 31.8 Å². The van der Waals surface area contributed by atoms with Crippen LogP contribution in [0.2, 0.25) is 0 Å². The monoisotopic (exact) mass is 421 g/mol. The van der Waals surface area contributed by atoms with Crippen LogP contribution in [0.15, 0.2) is 41.6 Å². The fourth-order valence-corrected chi connectivity index (χ4v) is 4.45. The molecule has 1 fully saturated rings. The molecule has 0 aliphatic heterocycles. The Bertz CT molecular complexity index is 1090. The first-order valence-electron chi connectivity index (χ1n) is 11.3. The summed E-state index contributed by atoms with van der Waals surface area (Å²) in [7, 11) is 0. The molecule has 7 heteroatoms. The summed E-state index contributed by atoms with van der Waals surface area (Å²) in [6.45, 7) is 3.49. The van der Waals surface area contributed by atoms with Crippen LogP contribution in [-0.2, 0) is 17.9 Å². The van der Waals surface area contributed by atoms with Crippen molar-refractivity contribution in [3.8, 4) is 0 Å². The second-order valence-corrected chi connectivity index (χ2v) is 8.60. The number of hydrogen-bond donors (Lipinski definition) is 1. The van der Waals surface area contributed by atoms with Crippen LogP contribution in [0.3, 0.4) is 0 Å². The number of nitrogens with zero attached hydrogens (tertiary/aromatic N) is 4. The third-order valence-electron chi connectivity index (χ3n) is 6.37. The molecule has 0 spiro atoms. The molecule has 31 heavy (non-hydrogen) atoms. The molecule has 1 saturated carbocycles. The van der Waals surface area contributed by atoms with Crippen LogP contribution in [0.25, 0.3) is 11.0 Å². The van der Waals surface area contributed by atoms with Gasteiger partial charge < -0.3 is 5.32 Å². The van der Waals surface area contributed by atoms with Crippen molar-refractivity contribution in [3.63, 3.8) is 0 Å². The first kappa shape index (κ1) is 21.3. The van der Waals surface area contributed by atoms with Gasteiger partial charge >= 0.3 is 0 Å². The van der Waals surface area contributed by atoms with Gasteiger partial charge in [-0.1, -0.05) is 56.4 Å². The number of aryl methyl sites for hydroxylation is 1. The molecule has 1 aliphatic carbocycles. The number of nitrogens with one attached hydrogen (secondary N) is 1. The molecule has 2 heterocycles. The quantitative estimate of drug-likeness (QED) is 0.604. The van der Waals surface area contributed by atoms with E-state index in [9.17, 15) is 9.59 Å². The molecule has 0 radical (unpaired) electrons. The molecule has 3 aromatic rings. The number of carbonyl (C=O) groups is 1. The Morgan fingerprint density at radius 2 is 2.00 bits per heavy atom. The first-order valence-corrected chi connectivity index (χ1v) is 11.3. The lowest BCUT2D eigenvalue weighted by molar-refractivity contribution is -0.121. The molecule has 7 nitrogen and oxygen atoms in total. The molecule has 0 bridgehead atoms. The van der Waals surface area contributed by atoms with E-state index in [1.165, 1.54) is 32.1 Å². The Morgan fingerprint density at radius 1 is 1.19 bits per heavy atom. The van der Waals surface area contributed by atoms with E-state index in [1.807, 2.05) is 31.2 Å². The topological polar surface area (TPSA) is 81.8 Å². The number of amides is 1. The van der Waals surface area contributed by atoms with E-state index in [-0.39, 0.29) is 11.5 Å². The number of rotatable bonds is 8. The lowest BCUT2D eigenvalue weighted by Gasteiger charge is -2.20. The molecule has 164 valence electrons. The third kappa shape index (κ3) is 5.21. The Balaban J connectivity index is 1.33. The minimum Gasteiger partial charge on any atom is -0.354 e. The minimum atomic E-state index is -0.101. The third-order valence-corrected chi connectivity index (χ3v) is 6.37. The van der Waals surface area contributed by atoms with Gasteiger partial charge in [-0.3, -0.25) is 14.2 Å². The van der Waals surface area contributed by atoms with E-state index in [2.05, 4.69) is 15.4 Å². The molecular weight excluding hydrogens is 390 g/mol. The van der Waals surface area contributed by atoms with Gasteiger partial charge in [0.25, 0.3) is 5.56 Å². The Kier molecular flexibility index (Phi) is 6.79. The van der Waals surface area contributed by atoms with Crippen LogP contribution in [0, 0.1) is 12.8 Å². The van der Waals surface area contributed by atoms with E-state index >= 15 is 0 Å².